The van der Waals surface area contributed by atoms with Crippen molar-refractivity contribution in [1.29, 1.82) is 0 Å². The Balaban J connectivity index is 1.44. The van der Waals surface area contributed by atoms with Crippen LogP contribution in [0.25, 0.3) is 33.0 Å². The standard InChI is InChI=1S/C36H34N2O2S/c1-24-18-25(2)20-33(19-24)30-12-10-29(11-13-30)32-14-15-35(40-36(39)16-17-41)34(22-32)26(3)38-37-23-27-8-9-28-6-4-5-7-31(28)21-27/h4-15,18-23,36,39,41H,16-17H2,1-3H3/b37-23+,38-26+. The minimum Gasteiger partial charge on any atom is -0.464 e. The summed E-state index contributed by atoms with van der Waals surface area (Å²) in [7, 11) is 0. The lowest BCUT2D eigenvalue weighted by atomic mass is 9.96. The Hall–Kier alpha value is -4.19. The average molecular weight is 559 g/mol. The second-order valence-corrected chi connectivity index (χ2v) is 10.7. The molecule has 5 rings (SSSR count). The third-order valence-electron chi connectivity index (χ3n) is 6.97. The van der Waals surface area contributed by atoms with E-state index in [9.17, 15) is 5.11 Å². The molecule has 0 heterocycles. The van der Waals surface area contributed by atoms with Crippen molar-refractivity contribution < 1.29 is 9.84 Å². The number of ether oxygens (including phenoxy) is 1. The molecule has 4 nitrogen and oxygen atoms in total. The van der Waals surface area contributed by atoms with Gasteiger partial charge in [0, 0.05) is 12.0 Å². The minimum absolute atomic E-state index is 0.417. The van der Waals surface area contributed by atoms with Gasteiger partial charge in [0.05, 0.1) is 11.9 Å². The van der Waals surface area contributed by atoms with Crippen LogP contribution in [0, 0.1) is 13.8 Å². The molecule has 0 aliphatic rings. The van der Waals surface area contributed by atoms with E-state index in [1.807, 2.05) is 43.3 Å². The summed E-state index contributed by atoms with van der Waals surface area (Å²) in [5.41, 5.74) is 9.42. The van der Waals surface area contributed by atoms with Gasteiger partial charge in [-0.25, -0.2) is 0 Å². The first-order valence-electron chi connectivity index (χ1n) is 13.7. The number of rotatable bonds is 9. The van der Waals surface area contributed by atoms with Crippen LogP contribution < -0.4 is 4.74 Å². The van der Waals surface area contributed by atoms with Gasteiger partial charge in [0.1, 0.15) is 5.75 Å². The number of nitrogens with zero attached hydrogens (tertiary/aromatic N) is 2. The van der Waals surface area contributed by atoms with Crippen LogP contribution in [0.3, 0.4) is 0 Å². The van der Waals surface area contributed by atoms with Crippen molar-refractivity contribution in [1.82, 2.24) is 0 Å². The molecule has 0 amide bonds. The topological polar surface area (TPSA) is 54.2 Å². The van der Waals surface area contributed by atoms with Crippen LogP contribution in [0.2, 0.25) is 0 Å². The Bertz CT molecular complexity index is 1700. The highest BCUT2D eigenvalue weighted by atomic mass is 32.1. The average Bonchev–Trinajstić information content (AvgIpc) is 2.97. The van der Waals surface area contributed by atoms with Gasteiger partial charge in [-0.05, 0) is 83.3 Å². The van der Waals surface area contributed by atoms with Gasteiger partial charge in [-0.1, -0.05) is 96.1 Å². The van der Waals surface area contributed by atoms with Crippen LogP contribution in [0.5, 0.6) is 5.75 Å². The van der Waals surface area contributed by atoms with Crippen molar-refractivity contribution in [2.75, 3.05) is 5.75 Å². The first-order valence-corrected chi connectivity index (χ1v) is 14.4. The molecule has 5 aromatic rings. The highest BCUT2D eigenvalue weighted by Gasteiger charge is 2.14. The predicted octanol–water partition coefficient (Wildman–Crippen LogP) is 8.65. The highest BCUT2D eigenvalue weighted by Crippen LogP contribution is 2.31. The summed E-state index contributed by atoms with van der Waals surface area (Å²) < 4.78 is 5.88. The number of thiol groups is 1. The Morgan fingerprint density at radius 3 is 2.15 bits per heavy atom. The highest BCUT2D eigenvalue weighted by molar-refractivity contribution is 7.80. The van der Waals surface area contributed by atoms with Crippen LogP contribution in [0.15, 0.2) is 113 Å². The fourth-order valence-electron chi connectivity index (χ4n) is 4.93. The van der Waals surface area contributed by atoms with Crippen molar-refractivity contribution >= 4 is 35.3 Å². The molecule has 0 aromatic heterocycles. The predicted molar refractivity (Wildman–Crippen MR) is 176 cm³/mol. The number of benzene rings is 5. The Morgan fingerprint density at radius 2 is 1.44 bits per heavy atom. The second kappa shape index (κ2) is 13.0. The van der Waals surface area contributed by atoms with Crippen LogP contribution in [-0.2, 0) is 0 Å². The zero-order valence-corrected chi connectivity index (χ0v) is 24.5. The molecule has 5 aromatic carbocycles. The maximum absolute atomic E-state index is 10.3. The van der Waals surface area contributed by atoms with Crippen molar-refractivity contribution in [3.8, 4) is 28.0 Å². The second-order valence-electron chi connectivity index (χ2n) is 10.3. The summed E-state index contributed by atoms with van der Waals surface area (Å²) in [6.07, 6.45) is 1.21. The summed E-state index contributed by atoms with van der Waals surface area (Å²) in [5, 5.41) is 21.6. The number of aliphatic hydroxyl groups excluding tert-OH is 1. The monoisotopic (exact) mass is 558 g/mol. The van der Waals surface area contributed by atoms with Gasteiger partial charge in [-0.15, -0.1) is 0 Å². The van der Waals surface area contributed by atoms with E-state index >= 15 is 0 Å². The molecule has 0 spiro atoms. The van der Waals surface area contributed by atoms with Gasteiger partial charge in [0.15, 0.2) is 6.29 Å². The van der Waals surface area contributed by atoms with E-state index in [1.54, 1.807) is 6.21 Å². The van der Waals surface area contributed by atoms with Gasteiger partial charge in [-0.2, -0.15) is 22.8 Å². The third kappa shape index (κ3) is 7.12. The molecule has 0 aliphatic carbocycles. The van der Waals surface area contributed by atoms with E-state index in [0.717, 1.165) is 27.6 Å². The van der Waals surface area contributed by atoms with Gasteiger partial charge in [-0.3, -0.25) is 0 Å². The van der Waals surface area contributed by atoms with Gasteiger partial charge in [0.25, 0.3) is 0 Å². The van der Waals surface area contributed by atoms with Gasteiger partial charge < -0.3 is 9.84 Å². The van der Waals surface area contributed by atoms with Crippen molar-refractivity contribution in [2.45, 2.75) is 33.5 Å². The lowest BCUT2D eigenvalue weighted by molar-refractivity contribution is -0.0182. The molecule has 0 saturated heterocycles. The van der Waals surface area contributed by atoms with E-state index in [4.69, 9.17) is 4.74 Å². The van der Waals surface area contributed by atoms with E-state index in [0.29, 0.717) is 23.6 Å². The molecule has 0 fully saturated rings. The van der Waals surface area contributed by atoms with E-state index in [1.165, 1.54) is 27.6 Å². The Morgan fingerprint density at radius 1 is 0.780 bits per heavy atom. The third-order valence-corrected chi connectivity index (χ3v) is 7.23. The number of hydrogen-bond acceptors (Lipinski definition) is 5. The molecule has 0 aliphatic heterocycles. The van der Waals surface area contributed by atoms with Crippen molar-refractivity contribution in [2.24, 2.45) is 10.2 Å². The quantitative estimate of drug-likeness (QED) is 0.0823. The Kier molecular flexibility index (Phi) is 8.98. The summed E-state index contributed by atoms with van der Waals surface area (Å²) in [6.45, 7) is 6.15. The fourth-order valence-corrected chi connectivity index (χ4v) is 5.15. The first kappa shape index (κ1) is 28.3. The normalized spacial score (nSPS) is 12.7. The Labute approximate surface area is 247 Å². The molecule has 0 radical (unpaired) electrons. The van der Waals surface area contributed by atoms with Crippen LogP contribution in [-0.4, -0.2) is 29.1 Å². The van der Waals surface area contributed by atoms with E-state index in [-0.39, 0.29) is 0 Å². The number of aryl methyl sites for hydroxylation is 2. The van der Waals surface area contributed by atoms with Crippen LogP contribution in [0.4, 0.5) is 0 Å². The molecule has 1 unspecified atom stereocenters. The molecular formula is C36H34N2O2S. The summed E-state index contributed by atoms with van der Waals surface area (Å²) in [4.78, 5) is 0. The van der Waals surface area contributed by atoms with E-state index < -0.39 is 6.29 Å². The SMILES string of the molecule is C/C(=N\N=C\c1ccc2ccccc2c1)c1cc(-c2ccc(-c3cc(C)cc(C)c3)cc2)ccc1OC(O)CCS. The zero-order valence-electron chi connectivity index (χ0n) is 23.6. The lowest BCUT2D eigenvalue weighted by Gasteiger charge is -2.17. The maximum atomic E-state index is 10.3. The molecule has 0 saturated carbocycles. The number of hydrogen-bond donors (Lipinski definition) is 2. The molecule has 206 valence electrons. The van der Waals surface area contributed by atoms with Gasteiger partial charge in [0.2, 0.25) is 0 Å². The van der Waals surface area contributed by atoms with Crippen molar-refractivity contribution in [3.63, 3.8) is 0 Å². The van der Waals surface area contributed by atoms with Crippen LogP contribution >= 0.6 is 12.6 Å². The molecular weight excluding hydrogens is 524 g/mol. The number of fused-ring (bicyclic) bond motifs is 1. The smallest absolute Gasteiger partial charge is 0.198 e. The zero-order chi connectivity index (χ0) is 28.8. The molecule has 5 heteroatoms. The largest absolute Gasteiger partial charge is 0.464 e. The lowest BCUT2D eigenvalue weighted by Crippen LogP contribution is -2.17. The molecule has 0 bridgehead atoms. The minimum atomic E-state index is -0.955. The van der Waals surface area contributed by atoms with E-state index in [2.05, 4.69) is 103 Å². The molecule has 1 N–H and O–H groups in total. The summed E-state index contributed by atoms with van der Waals surface area (Å²) >= 11 is 4.22. The summed E-state index contributed by atoms with van der Waals surface area (Å²) in [5.74, 6) is 1.07. The first-order chi connectivity index (χ1) is 19.9. The summed E-state index contributed by atoms with van der Waals surface area (Å²) in [6, 6.07) is 35.5. The fraction of sp³-hybridized carbons (Fsp3) is 0.167. The maximum Gasteiger partial charge on any atom is 0.198 e. The van der Waals surface area contributed by atoms with Crippen molar-refractivity contribution in [3.05, 3.63) is 125 Å². The van der Waals surface area contributed by atoms with Crippen LogP contribution in [0.1, 0.15) is 35.6 Å². The van der Waals surface area contributed by atoms with Gasteiger partial charge >= 0.3 is 0 Å². The number of aliphatic hydroxyl groups is 1. The molecule has 41 heavy (non-hydrogen) atoms. The molecule has 1 atom stereocenters.